The third-order valence-corrected chi connectivity index (χ3v) is 2.69. The third kappa shape index (κ3) is 1.71. The van der Waals surface area contributed by atoms with Gasteiger partial charge < -0.3 is 5.43 Å². The molecule has 2 rings (SSSR count). The minimum absolute atomic E-state index is 0.535. The molecule has 0 radical (unpaired) electrons. The molecule has 2 heterocycles. The molecule has 0 fully saturated rings. The van der Waals surface area contributed by atoms with E-state index in [1.54, 1.807) is 6.20 Å². The predicted molar refractivity (Wildman–Crippen MR) is 59.4 cm³/mol. The molecule has 0 aliphatic heterocycles. The summed E-state index contributed by atoms with van der Waals surface area (Å²) in [5.74, 6) is 7.40. The van der Waals surface area contributed by atoms with Gasteiger partial charge in [-0.15, -0.1) is 0 Å². The topological polar surface area (TPSA) is 81.7 Å². The predicted octanol–water partition coefficient (Wildman–Crippen LogP) is 1.02. The molecule has 15 heavy (non-hydrogen) atoms. The van der Waals surface area contributed by atoms with Crippen molar-refractivity contribution in [2.45, 2.75) is 6.92 Å². The van der Waals surface area contributed by atoms with Crippen LogP contribution in [0.15, 0.2) is 23.2 Å². The molecule has 0 amide bonds. The molecular formula is C8H9BrN6. The van der Waals surface area contributed by atoms with Gasteiger partial charge in [-0.2, -0.15) is 0 Å². The number of hydrogen-bond donors (Lipinski definition) is 2. The first-order valence-electron chi connectivity index (χ1n) is 4.21. The second kappa shape index (κ2) is 3.95. The molecular weight excluding hydrogens is 260 g/mol. The quantitative estimate of drug-likeness (QED) is 0.628. The lowest BCUT2D eigenvalue weighted by Crippen LogP contribution is -2.11. The van der Waals surface area contributed by atoms with Crippen molar-refractivity contribution in [2.75, 3.05) is 5.43 Å². The van der Waals surface area contributed by atoms with Crippen molar-refractivity contribution < 1.29 is 0 Å². The molecule has 78 valence electrons. The second-order valence-electron chi connectivity index (χ2n) is 2.85. The van der Waals surface area contributed by atoms with Crippen molar-refractivity contribution in [2.24, 2.45) is 5.84 Å². The zero-order chi connectivity index (χ0) is 10.8. The summed E-state index contributed by atoms with van der Waals surface area (Å²) in [6, 6.07) is 0. The lowest BCUT2D eigenvalue weighted by molar-refractivity contribution is 0.911. The maximum atomic E-state index is 5.32. The average Bonchev–Trinajstić information content (AvgIpc) is 2.65. The Bertz CT molecular complexity index is 480. The molecule has 6 nitrogen and oxygen atoms in total. The first-order chi connectivity index (χ1) is 7.24. The van der Waals surface area contributed by atoms with Crippen LogP contribution in [0.1, 0.15) is 5.82 Å². The summed E-state index contributed by atoms with van der Waals surface area (Å²) in [6.07, 6.45) is 4.97. The number of aryl methyl sites for hydroxylation is 1. The number of nitrogens with two attached hydrogens (primary N) is 1. The fourth-order valence-electron chi connectivity index (χ4n) is 1.23. The van der Waals surface area contributed by atoms with Gasteiger partial charge >= 0.3 is 0 Å². The first kappa shape index (κ1) is 10.1. The maximum absolute atomic E-state index is 5.32. The first-order valence-corrected chi connectivity index (χ1v) is 5.00. The highest BCUT2D eigenvalue weighted by atomic mass is 79.9. The van der Waals surface area contributed by atoms with Crippen LogP contribution in [0.2, 0.25) is 0 Å². The number of aromatic nitrogens is 4. The van der Waals surface area contributed by atoms with Crippen LogP contribution in [0.4, 0.5) is 5.82 Å². The Morgan fingerprint density at radius 3 is 2.80 bits per heavy atom. The van der Waals surface area contributed by atoms with Crippen LogP contribution in [0.25, 0.3) is 5.82 Å². The molecule has 7 heteroatoms. The molecule has 0 aromatic carbocycles. The molecule has 0 aliphatic carbocycles. The van der Waals surface area contributed by atoms with E-state index in [9.17, 15) is 0 Å². The summed E-state index contributed by atoms with van der Waals surface area (Å²) in [6.45, 7) is 1.89. The van der Waals surface area contributed by atoms with Crippen molar-refractivity contribution >= 4 is 21.7 Å². The standard InChI is InChI=1S/C8H9BrN6/c1-5-11-2-3-15(5)8-6(9)7(14-10)12-4-13-8/h2-4H,10H2,1H3,(H,12,13,14). The molecule has 0 bridgehead atoms. The van der Waals surface area contributed by atoms with E-state index >= 15 is 0 Å². The number of hydrazine groups is 1. The Hall–Kier alpha value is -1.47. The van der Waals surface area contributed by atoms with Crippen LogP contribution < -0.4 is 11.3 Å². The largest absolute Gasteiger partial charge is 0.307 e. The van der Waals surface area contributed by atoms with Gasteiger partial charge in [0.2, 0.25) is 0 Å². The molecule has 0 saturated carbocycles. The normalized spacial score (nSPS) is 10.3. The number of anilines is 1. The van der Waals surface area contributed by atoms with E-state index in [1.165, 1.54) is 6.33 Å². The van der Waals surface area contributed by atoms with Crippen LogP contribution in [0, 0.1) is 6.92 Å². The highest BCUT2D eigenvalue weighted by Gasteiger charge is 2.10. The van der Waals surface area contributed by atoms with E-state index in [0.29, 0.717) is 16.1 Å². The Morgan fingerprint density at radius 1 is 1.40 bits per heavy atom. The summed E-state index contributed by atoms with van der Waals surface area (Å²) >= 11 is 3.38. The fourth-order valence-corrected chi connectivity index (χ4v) is 1.74. The molecule has 0 unspecified atom stereocenters. The monoisotopic (exact) mass is 268 g/mol. The maximum Gasteiger partial charge on any atom is 0.159 e. The number of halogens is 1. The van der Waals surface area contributed by atoms with E-state index in [2.05, 4.69) is 36.3 Å². The van der Waals surface area contributed by atoms with Gasteiger partial charge in [0.1, 0.15) is 16.6 Å². The molecule has 0 saturated heterocycles. The lowest BCUT2D eigenvalue weighted by atomic mass is 10.5. The van der Waals surface area contributed by atoms with Crippen LogP contribution >= 0.6 is 15.9 Å². The van der Waals surface area contributed by atoms with Crippen LogP contribution in [0.5, 0.6) is 0 Å². The average molecular weight is 269 g/mol. The highest BCUT2D eigenvalue weighted by molar-refractivity contribution is 9.10. The molecule has 0 atom stereocenters. The summed E-state index contributed by atoms with van der Waals surface area (Å²) in [4.78, 5) is 12.2. The summed E-state index contributed by atoms with van der Waals surface area (Å²) in [5, 5.41) is 0. The number of nitrogens with zero attached hydrogens (tertiary/aromatic N) is 4. The highest BCUT2D eigenvalue weighted by Crippen LogP contribution is 2.25. The van der Waals surface area contributed by atoms with Gasteiger partial charge in [0.05, 0.1) is 0 Å². The van der Waals surface area contributed by atoms with Gasteiger partial charge in [-0.1, -0.05) is 0 Å². The third-order valence-electron chi connectivity index (χ3n) is 1.96. The number of nitrogens with one attached hydrogen (secondary N) is 1. The summed E-state index contributed by atoms with van der Waals surface area (Å²) < 4.78 is 2.54. The van der Waals surface area contributed by atoms with Crippen molar-refractivity contribution in [1.82, 2.24) is 19.5 Å². The van der Waals surface area contributed by atoms with Crippen LogP contribution in [0.3, 0.4) is 0 Å². The van der Waals surface area contributed by atoms with Gasteiger partial charge in [0.15, 0.2) is 11.6 Å². The lowest BCUT2D eigenvalue weighted by Gasteiger charge is -2.08. The zero-order valence-electron chi connectivity index (χ0n) is 7.98. The molecule has 0 aliphatic rings. The number of hydrogen-bond acceptors (Lipinski definition) is 5. The minimum atomic E-state index is 0.535. The van der Waals surface area contributed by atoms with Crippen molar-refractivity contribution in [3.63, 3.8) is 0 Å². The van der Waals surface area contributed by atoms with E-state index in [4.69, 9.17) is 5.84 Å². The molecule has 0 spiro atoms. The van der Waals surface area contributed by atoms with E-state index in [0.717, 1.165) is 5.82 Å². The molecule has 3 N–H and O–H groups in total. The number of imidazole rings is 1. The molecule has 2 aromatic heterocycles. The Labute approximate surface area is 94.7 Å². The number of rotatable bonds is 2. The van der Waals surface area contributed by atoms with Gasteiger partial charge in [-0.3, -0.25) is 4.57 Å². The Morgan fingerprint density at radius 2 is 2.20 bits per heavy atom. The zero-order valence-corrected chi connectivity index (χ0v) is 9.56. The SMILES string of the molecule is Cc1nccn1-c1ncnc(NN)c1Br. The van der Waals surface area contributed by atoms with Crippen molar-refractivity contribution in [3.8, 4) is 5.82 Å². The van der Waals surface area contributed by atoms with Gasteiger partial charge in [-0.25, -0.2) is 20.8 Å². The van der Waals surface area contributed by atoms with Gasteiger partial charge in [-0.05, 0) is 22.9 Å². The molecule has 2 aromatic rings. The van der Waals surface area contributed by atoms with E-state index in [1.807, 2.05) is 17.7 Å². The smallest absolute Gasteiger partial charge is 0.159 e. The Kier molecular flexibility index (Phi) is 2.65. The number of nitrogen functional groups attached to an aromatic ring is 1. The second-order valence-corrected chi connectivity index (χ2v) is 3.64. The van der Waals surface area contributed by atoms with E-state index < -0.39 is 0 Å². The van der Waals surface area contributed by atoms with Crippen molar-refractivity contribution in [1.29, 1.82) is 0 Å². The summed E-state index contributed by atoms with van der Waals surface area (Å²) in [5.41, 5.74) is 2.49. The Balaban J connectivity index is 2.59. The summed E-state index contributed by atoms with van der Waals surface area (Å²) in [7, 11) is 0. The van der Waals surface area contributed by atoms with Gasteiger partial charge in [0, 0.05) is 12.4 Å². The van der Waals surface area contributed by atoms with Crippen LogP contribution in [-0.2, 0) is 0 Å². The van der Waals surface area contributed by atoms with E-state index in [-0.39, 0.29) is 0 Å². The van der Waals surface area contributed by atoms with Gasteiger partial charge in [0.25, 0.3) is 0 Å². The van der Waals surface area contributed by atoms with Crippen molar-refractivity contribution in [3.05, 3.63) is 29.0 Å². The van der Waals surface area contributed by atoms with Crippen LogP contribution in [-0.4, -0.2) is 19.5 Å². The minimum Gasteiger partial charge on any atom is -0.307 e. The fraction of sp³-hybridized carbons (Fsp3) is 0.125.